The lowest BCUT2D eigenvalue weighted by Gasteiger charge is -2.16. The molecular weight excluding hydrogens is 211 g/mol. The van der Waals surface area contributed by atoms with Crippen LogP contribution < -0.4 is 0 Å². The maximum Gasteiger partial charge on any atom is 0.870 e. The summed E-state index contributed by atoms with van der Waals surface area (Å²) in [5, 5.41) is 8.20. The average molecular weight is 216 g/mol. The quantitative estimate of drug-likeness (QED) is 0.446. The van der Waals surface area contributed by atoms with E-state index in [-0.39, 0.29) is 0 Å². The van der Waals surface area contributed by atoms with E-state index < -0.39 is 44.0 Å². The van der Waals surface area contributed by atoms with Crippen molar-refractivity contribution in [2.24, 2.45) is 0 Å². The van der Waals surface area contributed by atoms with Gasteiger partial charge in [-0.15, -0.1) is 0 Å². The summed E-state index contributed by atoms with van der Waals surface area (Å²) >= 11 is 0. The summed E-state index contributed by atoms with van der Waals surface area (Å²) in [7, 11) is -1.79. The van der Waals surface area contributed by atoms with Crippen LogP contribution in [0.25, 0.3) is 0 Å². The number of carboxylic acids is 1. The van der Waals surface area contributed by atoms with E-state index >= 15 is 0 Å². The van der Waals surface area contributed by atoms with E-state index in [2.05, 4.69) is 14.0 Å². The van der Waals surface area contributed by atoms with Gasteiger partial charge in [-0.1, -0.05) is 0 Å². The highest BCUT2D eigenvalue weighted by Gasteiger charge is 2.41. The van der Waals surface area contributed by atoms with Crippen molar-refractivity contribution in [2.75, 3.05) is 0 Å². The van der Waals surface area contributed by atoms with Crippen LogP contribution in [0.5, 0.6) is 0 Å². The Bertz CT molecular complexity index is 307. The molecule has 0 unspecified atom stereocenters. The Hall–Kier alpha value is -2.06. The highest BCUT2D eigenvalue weighted by atomic mass is 16.8. The molecule has 80 valence electrons. The van der Waals surface area contributed by atoms with Crippen LogP contribution in [-0.2, 0) is 33.1 Å². The zero-order chi connectivity index (χ0) is 11.4. The largest absolute Gasteiger partial charge is 0.870 e. The van der Waals surface area contributed by atoms with Gasteiger partial charge in [0.1, 0.15) is 12.8 Å². The smallest absolute Gasteiger partial charge is 0.481 e. The summed E-state index contributed by atoms with van der Waals surface area (Å²) in [5.74, 6) is -4.39. The van der Waals surface area contributed by atoms with Gasteiger partial charge in [-0.05, 0) is 0 Å². The summed E-state index contributed by atoms with van der Waals surface area (Å²) in [6.45, 7) is 0. The molecule has 0 radical (unpaired) electrons. The molecule has 0 atom stereocenters. The Morgan fingerprint density at radius 2 is 1.87 bits per heavy atom. The maximum absolute atomic E-state index is 10.7. The molecule has 0 aromatic carbocycles. The molecule has 0 amide bonds. The van der Waals surface area contributed by atoms with Crippen LogP contribution in [0.3, 0.4) is 0 Å². The number of carbonyl (C=O) groups excluding carboxylic acids is 3. The molecule has 15 heavy (non-hydrogen) atoms. The van der Waals surface area contributed by atoms with E-state index in [1.807, 2.05) is 0 Å². The molecule has 0 aromatic heterocycles. The minimum atomic E-state index is -1.79. The minimum Gasteiger partial charge on any atom is -0.481 e. The fraction of sp³-hybridized carbons (Fsp3) is 0.333. The zero-order valence-electron chi connectivity index (χ0n) is 7.30. The van der Waals surface area contributed by atoms with Gasteiger partial charge in [-0.3, -0.25) is 19.2 Å². The summed E-state index contributed by atoms with van der Waals surface area (Å²) in [6.07, 6.45) is -1.47. The molecule has 0 spiro atoms. The van der Waals surface area contributed by atoms with Crippen molar-refractivity contribution in [3.8, 4) is 0 Å². The third-order valence-corrected chi connectivity index (χ3v) is 1.27. The van der Waals surface area contributed by atoms with Gasteiger partial charge in [0, 0.05) is 0 Å². The molecule has 1 saturated heterocycles. The standard InChI is InChI=1S/C6H5BO8/c8-3(9)1-4(10)13-7-14-5(11)2-6(12)15-7/h1-2H2,(H,8,9). The Morgan fingerprint density at radius 1 is 1.33 bits per heavy atom. The number of aliphatic carboxylic acids is 1. The van der Waals surface area contributed by atoms with Crippen molar-refractivity contribution < 1.29 is 38.2 Å². The lowest BCUT2D eigenvalue weighted by molar-refractivity contribution is -0.157. The van der Waals surface area contributed by atoms with E-state index in [1.54, 1.807) is 0 Å². The van der Waals surface area contributed by atoms with E-state index in [0.29, 0.717) is 0 Å². The molecule has 1 aliphatic rings. The molecule has 0 bridgehead atoms. The first-order chi connectivity index (χ1) is 6.97. The molecule has 0 saturated carbocycles. The first-order valence-electron chi connectivity index (χ1n) is 3.77. The zero-order valence-corrected chi connectivity index (χ0v) is 7.30. The van der Waals surface area contributed by atoms with Crippen LogP contribution in [0, 0.1) is 0 Å². The molecule has 1 rings (SSSR count). The molecule has 1 heterocycles. The normalized spacial score (nSPS) is 15.3. The van der Waals surface area contributed by atoms with Gasteiger partial charge in [0.15, 0.2) is 0 Å². The van der Waals surface area contributed by atoms with Crippen LogP contribution in [-0.4, -0.2) is 36.3 Å². The van der Waals surface area contributed by atoms with Crippen molar-refractivity contribution >= 4 is 31.2 Å². The van der Waals surface area contributed by atoms with Gasteiger partial charge in [0.25, 0.3) is 0 Å². The van der Waals surface area contributed by atoms with Gasteiger partial charge >= 0.3 is 31.2 Å². The van der Waals surface area contributed by atoms with Crippen molar-refractivity contribution in [1.82, 2.24) is 0 Å². The number of hydrogen-bond donors (Lipinski definition) is 1. The second-order valence-electron chi connectivity index (χ2n) is 2.51. The highest BCUT2D eigenvalue weighted by Crippen LogP contribution is 2.06. The summed E-state index contributed by atoms with van der Waals surface area (Å²) < 4.78 is 12.8. The summed E-state index contributed by atoms with van der Waals surface area (Å²) in [6, 6.07) is 0. The molecule has 0 aliphatic carbocycles. The van der Waals surface area contributed by atoms with Crippen LogP contribution in [0.2, 0.25) is 0 Å². The Morgan fingerprint density at radius 3 is 2.33 bits per heavy atom. The van der Waals surface area contributed by atoms with Crippen molar-refractivity contribution in [3.63, 3.8) is 0 Å². The van der Waals surface area contributed by atoms with Crippen molar-refractivity contribution in [2.45, 2.75) is 12.8 Å². The summed E-state index contributed by atoms with van der Waals surface area (Å²) in [5.41, 5.74) is 0. The molecule has 9 heteroatoms. The minimum absolute atomic E-state index is 0.563. The molecule has 1 aliphatic heterocycles. The third kappa shape index (κ3) is 3.67. The van der Waals surface area contributed by atoms with Gasteiger partial charge in [0.2, 0.25) is 0 Å². The molecule has 1 N–H and O–H groups in total. The fourth-order valence-corrected chi connectivity index (χ4v) is 0.760. The fourth-order valence-electron chi connectivity index (χ4n) is 0.760. The van der Waals surface area contributed by atoms with E-state index in [0.717, 1.165) is 0 Å². The Kier molecular flexibility index (Phi) is 3.27. The van der Waals surface area contributed by atoms with Crippen molar-refractivity contribution in [3.05, 3.63) is 0 Å². The predicted octanol–water partition coefficient (Wildman–Crippen LogP) is -1.52. The maximum atomic E-state index is 10.7. The lowest BCUT2D eigenvalue weighted by atomic mass is 10.2. The highest BCUT2D eigenvalue weighted by molar-refractivity contribution is 6.46. The third-order valence-electron chi connectivity index (χ3n) is 1.27. The molecule has 1 fully saturated rings. The predicted molar refractivity (Wildman–Crippen MR) is 40.9 cm³/mol. The first kappa shape index (κ1) is 11.0. The van der Waals surface area contributed by atoms with Crippen LogP contribution in [0.1, 0.15) is 12.8 Å². The van der Waals surface area contributed by atoms with Gasteiger partial charge in [-0.2, -0.15) is 0 Å². The van der Waals surface area contributed by atoms with Gasteiger partial charge < -0.3 is 19.1 Å². The van der Waals surface area contributed by atoms with E-state index in [4.69, 9.17) is 5.11 Å². The Balaban J connectivity index is 2.44. The average Bonchev–Trinajstić information content (AvgIpc) is 1.98. The van der Waals surface area contributed by atoms with Crippen LogP contribution in [0.4, 0.5) is 0 Å². The van der Waals surface area contributed by atoms with E-state index in [1.165, 1.54) is 0 Å². The second-order valence-corrected chi connectivity index (χ2v) is 2.51. The lowest BCUT2D eigenvalue weighted by Crippen LogP contribution is -2.40. The van der Waals surface area contributed by atoms with Crippen LogP contribution >= 0.6 is 0 Å². The molecular formula is C6H5BO8. The first-order valence-corrected chi connectivity index (χ1v) is 3.77. The molecule has 8 nitrogen and oxygen atoms in total. The monoisotopic (exact) mass is 216 g/mol. The second kappa shape index (κ2) is 4.44. The van der Waals surface area contributed by atoms with Crippen molar-refractivity contribution in [1.29, 1.82) is 0 Å². The Labute approximate surface area is 83.3 Å². The van der Waals surface area contributed by atoms with Gasteiger partial charge in [0.05, 0.1) is 0 Å². The topological polar surface area (TPSA) is 116 Å². The summed E-state index contributed by atoms with van der Waals surface area (Å²) in [4.78, 5) is 42.1. The van der Waals surface area contributed by atoms with E-state index in [9.17, 15) is 19.2 Å². The number of rotatable bonds is 3. The SMILES string of the molecule is O=C(O)CC(=O)OB1OC(=O)CC(=O)O1. The van der Waals surface area contributed by atoms with Gasteiger partial charge in [-0.25, -0.2) is 0 Å². The van der Waals surface area contributed by atoms with Crippen LogP contribution in [0.15, 0.2) is 0 Å². The number of carboxylic acid groups (broad SMARTS) is 1. The molecule has 0 aromatic rings. The number of hydrogen-bond acceptors (Lipinski definition) is 7. The number of carbonyl (C=O) groups is 4.